The van der Waals surface area contributed by atoms with Crippen molar-refractivity contribution in [2.75, 3.05) is 33.7 Å². The number of hydrogen-bond donors (Lipinski definition) is 0. The van der Waals surface area contributed by atoms with Gasteiger partial charge in [-0.05, 0) is 67.1 Å². The number of amides is 1. The van der Waals surface area contributed by atoms with Gasteiger partial charge in [-0.3, -0.25) is 4.79 Å². The second-order valence-electron chi connectivity index (χ2n) is 5.54. The second-order valence-corrected chi connectivity index (χ2v) is 6.62. The van der Waals surface area contributed by atoms with E-state index in [1.54, 1.807) is 0 Å². The van der Waals surface area contributed by atoms with Gasteiger partial charge in [-0.1, -0.05) is 12.1 Å². The molecule has 1 saturated heterocycles. The van der Waals surface area contributed by atoms with Crippen LogP contribution in [0.5, 0.6) is 0 Å². The molecule has 1 fully saturated rings. The molecular formula is C15H21IN2O. The van der Waals surface area contributed by atoms with Crippen molar-refractivity contribution in [1.29, 1.82) is 0 Å². The Hall–Kier alpha value is -0.620. The molecule has 1 atom stereocenters. The first-order chi connectivity index (χ1) is 8.99. The third-order valence-corrected chi connectivity index (χ3v) is 5.22. The number of likely N-dealkylation sites (tertiary alicyclic amines) is 1. The fourth-order valence-electron chi connectivity index (χ4n) is 2.66. The molecule has 3 nitrogen and oxygen atoms in total. The van der Waals surface area contributed by atoms with Crippen LogP contribution in [0.2, 0.25) is 0 Å². The lowest BCUT2D eigenvalue weighted by Crippen LogP contribution is -2.33. The molecule has 104 valence electrons. The predicted molar refractivity (Wildman–Crippen MR) is 86.5 cm³/mol. The quantitative estimate of drug-likeness (QED) is 0.762. The molecule has 1 heterocycles. The van der Waals surface area contributed by atoms with Crippen molar-refractivity contribution in [3.63, 3.8) is 0 Å². The van der Waals surface area contributed by atoms with Gasteiger partial charge in [-0.2, -0.15) is 0 Å². The third-order valence-electron chi connectivity index (χ3n) is 3.79. The summed E-state index contributed by atoms with van der Waals surface area (Å²) in [4.78, 5) is 16.7. The van der Waals surface area contributed by atoms with Crippen molar-refractivity contribution in [3.8, 4) is 0 Å². The van der Waals surface area contributed by atoms with Crippen LogP contribution in [-0.4, -0.2) is 49.4 Å². The van der Waals surface area contributed by atoms with Gasteiger partial charge in [-0.15, -0.1) is 0 Å². The van der Waals surface area contributed by atoms with Crippen LogP contribution in [-0.2, 0) is 0 Å². The highest BCUT2D eigenvalue weighted by Crippen LogP contribution is 2.20. The van der Waals surface area contributed by atoms with Gasteiger partial charge in [-0.25, -0.2) is 0 Å². The summed E-state index contributed by atoms with van der Waals surface area (Å²) in [6.07, 6.45) is 1.19. The molecule has 0 N–H and O–H groups in total. The SMILES string of the molecule is Cc1cccc(C(=O)N(C)CC2CCN(C)C2)c1I. The van der Waals surface area contributed by atoms with E-state index in [-0.39, 0.29) is 5.91 Å². The predicted octanol–water partition coefficient (Wildman–Crippen LogP) is 2.62. The van der Waals surface area contributed by atoms with E-state index >= 15 is 0 Å². The Morgan fingerprint density at radius 2 is 2.26 bits per heavy atom. The number of rotatable bonds is 3. The Labute approximate surface area is 129 Å². The van der Waals surface area contributed by atoms with E-state index in [4.69, 9.17) is 0 Å². The molecule has 0 spiro atoms. The van der Waals surface area contributed by atoms with Crippen molar-refractivity contribution in [2.24, 2.45) is 5.92 Å². The maximum absolute atomic E-state index is 12.5. The summed E-state index contributed by atoms with van der Waals surface area (Å²) in [6, 6.07) is 5.93. The van der Waals surface area contributed by atoms with Crippen LogP contribution in [0.3, 0.4) is 0 Å². The summed E-state index contributed by atoms with van der Waals surface area (Å²) in [5.74, 6) is 0.754. The number of carbonyl (C=O) groups excluding carboxylic acids is 1. The number of carbonyl (C=O) groups is 1. The molecule has 0 aliphatic carbocycles. The van der Waals surface area contributed by atoms with Crippen molar-refractivity contribution < 1.29 is 4.79 Å². The van der Waals surface area contributed by atoms with E-state index in [9.17, 15) is 4.79 Å². The van der Waals surface area contributed by atoms with Crippen LogP contribution >= 0.6 is 22.6 Å². The fourth-order valence-corrected chi connectivity index (χ4v) is 3.25. The van der Waals surface area contributed by atoms with Crippen LogP contribution in [0.25, 0.3) is 0 Å². The van der Waals surface area contributed by atoms with Crippen LogP contribution in [0.1, 0.15) is 22.3 Å². The van der Waals surface area contributed by atoms with E-state index in [0.717, 1.165) is 28.8 Å². The lowest BCUT2D eigenvalue weighted by atomic mass is 10.1. The Morgan fingerprint density at radius 1 is 1.53 bits per heavy atom. The summed E-state index contributed by atoms with van der Waals surface area (Å²) >= 11 is 2.27. The minimum Gasteiger partial charge on any atom is -0.341 e. The van der Waals surface area contributed by atoms with Crippen molar-refractivity contribution in [1.82, 2.24) is 9.80 Å². The fraction of sp³-hybridized carbons (Fsp3) is 0.533. The molecule has 1 aliphatic rings. The van der Waals surface area contributed by atoms with Gasteiger partial charge in [0.15, 0.2) is 0 Å². The van der Waals surface area contributed by atoms with E-state index < -0.39 is 0 Å². The Morgan fingerprint density at radius 3 is 2.89 bits per heavy atom. The van der Waals surface area contributed by atoms with Gasteiger partial charge in [0.05, 0.1) is 5.56 Å². The van der Waals surface area contributed by atoms with Gasteiger partial charge in [0.25, 0.3) is 5.91 Å². The first kappa shape index (κ1) is 14.8. The average molecular weight is 372 g/mol. The average Bonchev–Trinajstić information content (AvgIpc) is 2.77. The molecule has 19 heavy (non-hydrogen) atoms. The lowest BCUT2D eigenvalue weighted by molar-refractivity contribution is 0.0773. The summed E-state index contributed by atoms with van der Waals surface area (Å²) in [7, 11) is 4.06. The number of nitrogens with zero attached hydrogens (tertiary/aromatic N) is 2. The van der Waals surface area contributed by atoms with Gasteiger partial charge in [0, 0.05) is 23.7 Å². The minimum absolute atomic E-state index is 0.141. The molecule has 4 heteroatoms. The summed E-state index contributed by atoms with van der Waals surface area (Å²) in [5, 5.41) is 0. The zero-order chi connectivity index (χ0) is 14.0. The highest BCUT2D eigenvalue weighted by Gasteiger charge is 2.23. The lowest BCUT2D eigenvalue weighted by Gasteiger charge is -2.22. The van der Waals surface area contributed by atoms with Gasteiger partial charge in [0.1, 0.15) is 0 Å². The standard InChI is InChI=1S/C15H21IN2O/c1-11-5-4-6-13(14(11)16)15(19)18(3)10-12-7-8-17(2)9-12/h4-6,12H,7-10H2,1-3H3. The maximum Gasteiger partial charge on any atom is 0.254 e. The monoisotopic (exact) mass is 372 g/mol. The Bertz CT molecular complexity index is 475. The highest BCUT2D eigenvalue weighted by molar-refractivity contribution is 14.1. The number of benzene rings is 1. The third kappa shape index (κ3) is 3.48. The second kappa shape index (κ2) is 6.22. The molecule has 1 aromatic rings. The minimum atomic E-state index is 0.141. The zero-order valence-corrected chi connectivity index (χ0v) is 14.0. The highest BCUT2D eigenvalue weighted by atomic mass is 127. The molecule has 1 aromatic carbocycles. The maximum atomic E-state index is 12.5. The summed E-state index contributed by atoms with van der Waals surface area (Å²) in [5.41, 5.74) is 2.00. The van der Waals surface area contributed by atoms with Crippen LogP contribution in [0.4, 0.5) is 0 Å². The van der Waals surface area contributed by atoms with E-state index in [1.807, 2.05) is 37.1 Å². The molecule has 1 unspecified atom stereocenters. The molecule has 2 rings (SSSR count). The molecule has 0 aromatic heterocycles. The van der Waals surface area contributed by atoms with E-state index in [2.05, 4.69) is 34.5 Å². The first-order valence-corrected chi connectivity index (χ1v) is 7.76. The number of halogens is 1. The largest absolute Gasteiger partial charge is 0.341 e. The normalized spacial score (nSPS) is 19.7. The van der Waals surface area contributed by atoms with Crippen molar-refractivity contribution >= 4 is 28.5 Å². The Kier molecular flexibility index (Phi) is 4.84. The van der Waals surface area contributed by atoms with Gasteiger partial charge < -0.3 is 9.80 Å². The van der Waals surface area contributed by atoms with Crippen LogP contribution in [0, 0.1) is 16.4 Å². The Balaban J connectivity index is 2.04. The van der Waals surface area contributed by atoms with E-state index in [1.165, 1.54) is 12.0 Å². The van der Waals surface area contributed by atoms with Gasteiger partial charge in [0.2, 0.25) is 0 Å². The number of hydrogen-bond acceptors (Lipinski definition) is 2. The van der Waals surface area contributed by atoms with E-state index in [0.29, 0.717) is 5.92 Å². The molecule has 1 amide bonds. The molecule has 0 radical (unpaired) electrons. The summed E-state index contributed by atoms with van der Waals surface area (Å²) in [6.45, 7) is 5.15. The molecule has 1 aliphatic heterocycles. The van der Waals surface area contributed by atoms with Crippen LogP contribution < -0.4 is 0 Å². The molecular weight excluding hydrogens is 351 g/mol. The van der Waals surface area contributed by atoms with Crippen molar-refractivity contribution in [3.05, 3.63) is 32.9 Å². The number of aryl methyl sites for hydroxylation is 1. The van der Waals surface area contributed by atoms with Crippen LogP contribution in [0.15, 0.2) is 18.2 Å². The van der Waals surface area contributed by atoms with Gasteiger partial charge >= 0.3 is 0 Å². The first-order valence-electron chi connectivity index (χ1n) is 6.68. The molecule has 0 saturated carbocycles. The zero-order valence-electron chi connectivity index (χ0n) is 11.8. The topological polar surface area (TPSA) is 23.6 Å². The van der Waals surface area contributed by atoms with Crippen molar-refractivity contribution in [2.45, 2.75) is 13.3 Å². The molecule has 0 bridgehead atoms. The summed E-state index contributed by atoms with van der Waals surface area (Å²) < 4.78 is 1.07. The smallest absolute Gasteiger partial charge is 0.254 e.